The van der Waals surface area contributed by atoms with Crippen LogP contribution >= 0.6 is 0 Å². The molecule has 1 aromatic rings. The first-order valence-electron chi connectivity index (χ1n) is 6.06. The van der Waals surface area contributed by atoms with Gasteiger partial charge in [-0.15, -0.1) is 4.91 Å². The largest absolute Gasteiger partial charge is 0.192 e. The number of benzene rings is 1. The third kappa shape index (κ3) is 2.69. The summed E-state index contributed by atoms with van der Waals surface area (Å²) in [6.07, 6.45) is 6.95. The molecule has 3 heteroatoms. The maximum atomic E-state index is 10.4. The lowest BCUT2D eigenvalue weighted by Gasteiger charge is -2.09. The summed E-state index contributed by atoms with van der Waals surface area (Å²) in [4.78, 5) is 10.4. The number of nitroso groups, excluding NO2 is 1. The number of nitrogens with zero attached hydrogens (tertiary/aromatic N) is 2. The summed E-state index contributed by atoms with van der Waals surface area (Å²) in [6.45, 7) is 4.07. The Labute approximate surface area is 112 Å². The second-order valence-corrected chi connectivity index (χ2v) is 4.56. The quantitative estimate of drug-likeness (QED) is 0.591. The molecule has 0 saturated carbocycles. The highest BCUT2D eigenvalue weighted by molar-refractivity contribution is 5.83. The maximum Gasteiger partial charge on any atom is 0.129 e. The fourth-order valence-electron chi connectivity index (χ4n) is 1.95. The van der Waals surface area contributed by atoms with E-state index < -0.39 is 6.04 Å². The molecule has 0 N–H and O–H groups in total. The molecule has 1 aliphatic rings. The Morgan fingerprint density at radius 3 is 2.42 bits per heavy atom. The number of hydrogen-bond donors (Lipinski definition) is 0. The smallest absolute Gasteiger partial charge is 0.129 e. The number of nitriles is 1. The van der Waals surface area contributed by atoms with Gasteiger partial charge in [-0.1, -0.05) is 47.7 Å². The predicted molar refractivity (Wildman–Crippen MR) is 76.3 cm³/mol. The van der Waals surface area contributed by atoms with Crippen LogP contribution < -0.4 is 0 Å². The molecular formula is C16H14N2O. The molecule has 0 aromatic heterocycles. The summed E-state index contributed by atoms with van der Waals surface area (Å²) >= 11 is 0. The van der Waals surface area contributed by atoms with Crippen molar-refractivity contribution in [2.24, 2.45) is 5.18 Å². The minimum atomic E-state index is -0.427. The number of aryl methyl sites for hydroxylation is 2. The molecule has 19 heavy (non-hydrogen) atoms. The average Bonchev–Trinajstić information content (AvgIpc) is 2.44. The van der Waals surface area contributed by atoms with Crippen LogP contribution in [0.25, 0.3) is 5.57 Å². The summed E-state index contributed by atoms with van der Waals surface area (Å²) in [5.74, 6) is 0. The molecule has 0 saturated heterocycles. The Morgan fingerprint density at radius 1 is 1.21 bits per heavy atom. The monoisotopic (exact) mass is 250 g/mol. The standard InChI is InChI=1S/C16H14N2O/c1-11-3-4-14(9-12(11)2)16(10-17)13-5-7-15(18-19)8-6-13/h3-9,15H,1-2H3. The number of rotatable bonds is 2. The maximum absolute atomic E-state index is 10.4. The van der Waals surface area contributed by atoms with Crippen LogP contribution in [0.2, 0.25) is 0 Å². The molecule has 0 bridgehead atoms. The molecule has 2 rings (SSSR count). The molecule has 3 nitrogen and oxygen atoms in total. The first-order chi connectivity index (χ1) is 9.15. The zero-order valence-electron chi connectivity index (χ0n) is 10.9. The molecule has 0 radical (unpaired) electrons. The fourth-order valence-corrected chi connectivity index (χ4v) is 1.95. The van der Waals surface area contributed by atoms with Gasteiger partial charge in [0.2, 0.25) is 0 Å². The van der Waals surface area contributed by atoms with Gasteiger partial charge in [0.05, 0.1) is 5.57 Å². The molecule has 0 unspecified atom stereocenters. The Hall–Kier alpha value is -2.47. The summed E-state index contributed by atoms with van der Waals surface area (Å²) < 4.78 is 0. The van der Waals surface area contributed by atoms with Gasteiger partial charge in [-0.25, -0.2) is 0 Å². The van der Waals surface area contributed by atoms with Crippen LogP contribution in [0.15, 0.2) is 53.3 Å². The van der Waals surface area contributed by atoms with Crippen molar-refractivity contribution >= 4 is 5.57 Å². The highest BCUT2D eigenvalue weighted by Gasteiger charge is 2.10. The molecule has 1 aromatic carbocycles. The van der Waals surface area contributed by atoms with E-state index in [9.17, 15) is 10.2 Å². The predicted octanol–water partition coefficient (Wildman–Crippen LogP) is 3.84. The lowest BCUT2D eigenvalue weighted by atomic mass is 9.95. The van der Waals surface area contributed by atoms with Crippen LogP contribution in [0.5, 0.6) is 0 Å². The lowest BCUT2D eigenvalue weighted by Crippen LogP contribution is -1.99. The van der Waals surface area contributed by atoms with Crippen molar-refractivity contribution in [2.75, 3.05) is 0 Å². The van der Waals surface area contributed by atoms with Gasteiger partial charge in [-0.05, 0) is 36.1 Å². The van der Waals surface area contributed by atoms with Crippen molar-refractivity contribution in [3.05, 3.63) is 69.7 Å². The van der Waals surface area contributed by atoms with Crippen molar-refractivity contribution < 1.29 is 0 Å². The molecule has 0 amide bonds. The van der Waals surface area contributed by atoms with E-state index in [-0.39, 0.29) is 0 Å². The van der Waals surface area contributed by atoms with E-state index in [0.717, 1.165) is 16.7 Å². The van der Waals surface area contributed by atoms with Gasteiger partial charge in [-0.3, -0.25) is 0 Å². The van der Waals surface area contributed by atoms with Crippen LogP contribution in [-0.4, -0.2) is 6.04 Å². The highest BCUT2D eigenvalue weighted by Crippen LogP contribution is 2.24. The molecule has 0 heterocycles. The third-order valence-electron chi connectivity index (χ3n) is 3.26. The summed E-state index contributed by atoms with van der Waals surface area (Å²) in [5.41, 5.74) is 4.67. The zero-order chi connectivity index (χ0) is 13.8. The molecule has 0 spiro atoms. The van der Waals surface area contributed by atoms with Gasteiger partial charge in [0.25, 0.3) is 0 Å². The van der Waals surface area contributed by atoms with Crippen LogP contribution in [0.3, 0.4) is 0 Å². The second-order valence-electron chi connectivity index (χ2n) is 4.56. The zero-order valence-corrected chi connectivity index (χ0v) is 10.9. The van der Waals surface area contributed by atoms with Crippen LogP contribution in [-0.2, 0) is 0 Å². The number of hydrogen-bond acceptors (Lipinski definition) is 3. The average molecular weight is 250 g/mol. The minimum absolute atomic E-state index is 0.427. The lowest BCUT2D eigenvalue weighted by molar-refractivity contribution is 1.00. The second kappa shape index (κ2) is 5.45. The normalized spacial score (nSPS) is 17.1. The first kappa shape index (κ1) is 13.0. The van der Waals surface area contributed by atoms with Crippen LogP contribution in [0.4, 0.5) is 0 Å². The SMILES string of the molecule is Cc1ccc(C(C#N)=C2C=CC(N=O)C=C2)cc1C. The summed E-state index contributed by atoms with van der Waals surface area (Å²) in [7, 11) is 0. The molecule has 0 aliphatic heterocycles. The van der Waals surface area contributed by atoms with E-state index in [1.165, 1.54) is 5.56 Å². The third-order valence-corrected chi connectivity index (χ3v) is 3.26. The van der Waals surface area contributed by atoms with Crippen molar-refractivity contribution in [2.45, 2.75) is 19.9 Å². The van der Waals surface area contributed by atoms with Crippen molar-refractivity contribution in [1.29, 1.82) is 5.26 Å². The molecule has 1 aliphatic carbocycles. The highest BCUT2D eigenvalue weighted by atomic mass is 16.3. The fraction of sp³-hybridized carbons (Fsp3) is 0.188. The van der Waals surface area contributed by atoms with Crippen LogP contribution in [0.1, 0.15) is 16.7 Å². The van der Waals surface area contributed by atoms with Crippen molar-refractivity contribution in [1.82, 2.24) is 0 Å². The van der Waals surface area contributed by atoms with E-state index in [0.29, 0.717) is 5.57 Å². The molecule has 0 atom stereocenters. The Morgan fingerprint density at radius 2 is 1.89 bits per heavy atom. The molecular weight excluding hydrogens is 236 g/mol. The van der Waals surface area contributed by atoms with Crippen molar-refractivity contribution in [3.8, 4) is 6.07 Å². The van der Waals surface area contributed by atoms with Gasteiger partial charge in [0.15, 0.2) is 0 Å². The van der Waals surface area contributed by atoms with E-state index in [4.69, 9.17) is 0 Å². The van der Waals surface area contributed by atoms with Gasteiger partial charge in [-0.2, -0.15) is 5.26 Å². The van der Waals surface area contributed by atoms with Crippen molar-refractivity contribution in [3.63, 3.8) is 0 Å². The van der Waals surface area contributed by atoms with Gasteiger partial charge < -0.3 is 0 Å². The Bertz CT molecular complexity index is 629. The minimum Gasteiger partial charge on any atom is -0.192 e. The van der Waals surface area contributed by atoms with Gasteiger partial charge >= 0.3 is 0 Å². The van der Waals surface area contributed by atoms with Crippen LogP contribution in [0, 0.1) is 30.1 Å². The van der Waals surface area contributed by atoms with Gasteiger partial charge in [0, 0.05) is 0 Å². The van der Waals surface area contributed by atoms with E-state index in [1.807, 2.05) is 32.0 Å². The van der Waals surface area contributed by atoms with E-state index >= 15 is 0 Å². The first-order valence-corrected chi connectivity index (χ1v) is 6.06. The summed E-state index contributed by atoms with van der Waals surface area (Å²) in [5, 5.41) is 12.3. The topological polar surface area (TPSA) is 53.2 Å². The van der Waals surface area contributed by atoms with E-state index in [2.05, 4.69) is 11.2 Å². The number of allylic oxidation sites excluding steroid dienone is 4. The molecule has 94 valence electrons. The Balaban J connectivity index is 2.46. The summed E-state index contributed by atoms with van der Waals surface area (Å²) in [6, 6.07) is 7.77. The van der Waals surface area contributed by atoms with Gasteiger partial charge in [0.1, 0.15) is 12.1 Å². The van der Waals surface area contributed by atoms with E-state index in [1.54, 1.807) is 24.3 Å². The molecule has 0 fully saturated rings. The Kier molecular flexibility index (Phi) is 3.72.